The molecular weight excluding hydrogens is 294 g/mol. The fourth-order valence-corrected chi connectivity index (χ4v) is 2.09. The predicted molar refractivity (Wildman–Crippen MR) is 73.3 cm³/mol. The molecule has 0 spiro atoms. The molecule has 1 aromatic heterocycles. The smallest absolute Gasteiger partial charge is 0.251 e. The van der Waals surface area contributed by atoms with E-state index in [2.05, 4.69) is 26.3 Å². The van der Waals surface area contributed by atoms with Crippen LogP contribution in [0.25, 0.3) is 0 Å². The molecule has 1 aromatic carbocycles. The number of hydrogen-bond donors (Lipinski definition) is 1. The van der Waals surface area contributed by atoms with Crippen molar-refractivity contribution in [2.75, 3.05) is 0 Å². The molecule has 0 radical (unpaired) electrons. The van der Waals surface area contributed by atoms with Gasteiger partial charge in [0.1, 0.15) is 0 Å². The molecule has 0 unspecified atom stereocenters. The van der Waals surface area contributed by atoms with Gasteiger partial charge < -0.3 is 5.32 Å². The molecule has 2 rings (SSSR count). The number of aryl methyl sites for hydroxylation is 2. The zero-order valence-corrected chi connectivity index (χ0v) is 11.9. The molecule has 0 saturated heterocycles. The lowest BCUT2D eigenvalue weighted by atomic mass is 10.1. The van der Waals surface area contributed by atoms with E-state index in [9.17, 15) is 4.79 Å². The van der Waals surface area contributed by atoms with Gasteiger partial charge in [-0.3, -0.25) is 9.48 Å². The largest absolute Gasteiger partial charge is 0.346 e. The van der Waals surface area contributed by atoms with Gasteiger partial charge in [0, 0.05) is 12.6 Å². The Morgan fingerprint density at radius 2 is 2.06 bits per heavy atom. The molecule has 5 heteroatoms. The van der Waals surface area contributed by atoms with Crippen molar-refractivity contribution >= 4 is 21.8 Å². The third-order valence-electron chi connectivity index (χ3n) is 2.74. The summed E-state index contributed by atoms with van der Waals surface area (Å²) in [6, 6.07) is 7.50. The second kappa shape index (κ2) is 5.35. The first kappa shape index (κ1) is 12.8. The number of amides is 1. The van der Waals surface area contributed by atoms with Crippen LogP contribution in [0.15, 0.2) is 34.9 Å². The molecule has 0 atom stereocenters. The molecule has 0 bridgehead atoms. The molecule has 1 amide bonds. The van der Waals surface area contributed by atoms with E-state index in [1.165, 1.54) is 0 Å². The van der Waals surface area contributed by atoms with Crippen LogP contribution in [0.5, 0.6) is 0 Å². The van der Waals surface area contributed by atoms with E-state index < -0.39 is 0 Å². The molecule has 1 N–H and O–H groups in total. The van der Waals surface area contributed by atoms with Crippen molar-refractivity contribution in [1.29, 1.82) is 0 Å². The fraction of sp³-hybridized carbons (Fsp3) is 0.231. The van der Waals surface area contributed by atoms with Crippen LogP contribution in [0.1, 0.15) is 21.6 Å². The van der Waals surface area contributed by atoms with Crippen LogP contribution in [0.4, 0.5) is 0 Å². The van der Waals surface area contributed by atoms with Crippen LogP contribution < -0.4 is 5.32 Å². The summed E-state index contributed by atoms with van der Waals surface area (Å²) in [5.74, 6) is -0.0805. The molecule has 94 valence electrons. The summed E-state index contributed by atoms with van der Waals surface area (Å²) in [5.41, 5.74) is 2.75. The van der Waals surface area contributed by atoms with Crippen molar-refractivity contribution in [3.63, 3.8) is 0 Å². The number of carbonyl (C=O) groups excluding carboxylic acids is 1. The molecule has 0 aliphatic heterocycles. The zero-order chi connectivity index (χ0) is 13.1. The van der Waals surface area contributed by atoms with Gasteiger partial charge in [0.15, 0.2) is 0 Å². The van der Waals surface area contributed by atoms with Crippen molar-refractivity contribution in [2.24, 2.45) is 7.05 Å². The maximum absolute atomic E-state index is 11.9. The summed E-state index contributed by atoms with van der Waals surface area (Å²) in [6.07, 6.45) is 1.72. The van der Waals surface area contributed by atoms with Crippen molar-refractivity contribution in [2.45, 2.75) is 13.5 Å². The summed E-state index contributed by atoms with van der Waals surface area (Å²) in [6.45, 7) is 2.44. The Kier molecular flexibility index (Phi) is 3.81. The average Bonchev–Trinajstić information content (AvgIpc) is 2.67. The van der Waals surface area contributed by atoms with Gasteiger partial charge in [0.2, 0.25) is 0 Å². The number of halogens is 1. The highest BCUT2D eigenvalue weighted by atomic mass is 79.9. The van der Waals surface area contributed by atoms with Gasteiger partial charge in [-0.2, -0.15) is 5.10 Å². The summed E-state index contributed by atoms with van der Waals surface area (Å²) in [5, 5.41) is 6.97. The molecule has 0 saturated carbocycles. The van der Waals surface area contributed by atoms with Gasteiger partial charge in [-0.15, -0.1) is 0 Å². The maximum Gasteiger partial charge on any atom is 0.251 e. The second-order valence-corrected chi connectivity index (χ2v) is 4.97. The summed E-state index contributed by atoms with van der Waals surface area (Å²) >= 11 is 3.40. The first-order valence-electron chi connectivity index (χ1n) is 5.59. The Hall–Kier alpha value is -1.62. The molecule has 0 aliphatic carbocycles. The lowest BCUT2D eigenvalue weighted by Gasteiger charge is -2.06. The molecule has 2 aromatic rings. The van der Waals surface area contributed by atoms with Gasteiger partial charge in [0.05, 0.1) is 22.9 Å². The Morgan fingerprint density at radius 3 is 2.61 bits per heavy atom. The van der Waals surface area contributed by atoms with Crippen molar-refractivity contribution in [1.82, 2.24) is 15.1 Å². The lowest BCUT2D eigenvalue weighted by Crippen LogP contribution is -2.24. The summed E-state index contributed by atoms with van der Waals surface area (Å²) in [7, 11) is 1.85. The summed E-state index contributed by atoms with van der Waals surface area (Å²) in [4.78, 5) is 11.9. The third-order valence-corrected chi connectivity index (χ3v) is 3.40. The molecule has 0 aliphatic rings. The van der Waals surface area contributed by atoms with Crippen LogP contribution in [-0.4, -0.2) is 15.7 Å². The number of nitrogens with one attached hydrogen (secondary N) is 1. The van der Waals surface area contributed by atoms with Gasteiger partial charge in [0.25, 0.3) is 5.91 Å². The minimum absolute atomic E-state index is 0.0805. The number of nitrogens with zero attached hydrogens (tertiary/aromatic N) is 2. The highest BCUT2D eigenvalue weighted by molar-refractivity contribution is 9.10. The van der Waals surface area contributed by atoms with Crippen molar-refractivity contribution in [3.05, 3.63) is 51.8 Å². The van der Waals surface area contributed by atoms with E-state index in [1.54, 1.807) is 10.9 Å². The third kappa shape index (κ3) is 2.79. The van der Waals surface area contributed by atoms with Crippen LogP contribution >= 0.6 is 15.9 Å². The number of carbonyl (C=O) groups is 1. The quantitative estimate of drug-likeness (QED) is 0.946. The molecule has 18 heavy (non-hydrogen) atoms. The Balaban J connectivity index is 2.03. The Labute approximate surface area is 114 Å². The highest BCUT2D eigenvalue weighted by Crippen LogP contribution is 2.14. The minimum atomic E-state index is -0.0805. The fourth-order valence-electron chi connectivity index (χ4n) is 1.61. The van der Waals surface area contributed by atoms with Crippen molar-refractivity contribution < 1.29 is 4.79 Å². The predicted octanol–water partition coefficient (Wildman–Crippen LogP) is 2.42. The molecular formula is C13H14BrN3O. The van der Waals surface area contributed by atoms with E-state index in [1.807, 2.05) is 38.2 Å². The molecule has 0 fully saturated rings. The lowest BCUT2D eigenvalue weighted by molar-refractivity contribution is 0.0950. The highest BCUT2D eigenvalue weighted by Gasteiger charge is 2.09. The average molecular weight is 308 g/mol. The number of aromatic nitrogens is 2. The van der Waals surface area contributed by atoms with Crippen LogP contribution in [-0.2, 0) is 13.6 Å². The van der Waals surface area contributed by atoms with Crippen LogP contribution in [0.3, 0.4) is 0 Å². The second-order valence-electron chi connectivity index (χ2n) is 4.11. The maximum atomic E-state index is 11.9. The van der Waals surface area contributed by atoms with Crippen LogP contribution in [0, 0.1) is 6.92 Å². The number of benzene rings is 1. The van der Waals surface area contributed by atoms with Crippen molar-refractivity contribution in [3.8, 4) is 0 Å². The standard InChI is InChI=1S/C13H14BrN3O/c1-9-3-5-10(6-4-9)13(18)15-8-12-11(14)7-16-17(12)2/h3-7H,8H2,1-2H3,(H,15,18). The topological polar surface area (TPSA) is 46.9 Å². The van der Waals surface area contributed by atoms with Gasteiger partial charge in [-0.1, -0.05) is 17.7 Å². The van der Waals surface area contributed by atoms with E-state index in [4.69, 9.17) is 0 Å². The minimum Gasteiger partial charge on any atom is -0.346 e. The first-order valence-corrected chi connectivity index (χ1v) is 6.38. The van der Waals surface area contributed by atoms with E-state index in [0.717, 1.165) is 15.7 Å². The monoisotopic (exact) mass is 307 g/mol. The zero-order valence-electron chi connectivity index (χ0n) is 10.3. The Morgan fingerprint density at radius 1 is 1.39 bits per heavy atom. The van der Waals surface area contributed by atoms with E-state index in [-0.39, 0.29) is 5.91 Å². The normalized spacial score (nSPS) is 10.4. The SMILES string of the molecule is Cc1ccc(C(=O)NCc2c(Br)cnn2C)cc1. The number of rotatable bonds is 3. The summed E-state index contributed by atoms with van der Waals surface area (Å²) < 4.78 is 2.63. The number of hydrogen-bond acceptors (Lipinski definition) is 2. The van der Waals surface area contributed by atoms with E-state index in [0.29, 0.717) is 12.1 Å². The van der Waals surface area contributed by atoms with Gasteiger partial charge >= 0.3 is 0 Å². The van der Waals surface area contributed by atoms with Gasteiger partial charge in [-0.05, 0) is 35.0 Å². The molecule has 1 heterocycles. The van der Waals surface area contributed by atoms with E-state index >= 15 is 0 Å². The first-order chi connectivity index (χ1) is 8.58. The molecule has 4 nitrogen and oxygen atoms in total. The Bertz CT molecular complexity index is 541. The van der Waals surface area contributed by atoms with Crippen LogP contribution in [0.2, 0.25) is 0 Å². The van der Waals surface area contributed by atoms with Gasteiger partial charge in [-0.25, -0.2) is 0 Å².